The predicted octanol–water partition coefficient (Wildman–Crippen LogP) is 3.79. The van der Waals surface area contributed by atoms with E-state index in [1.54, 1.807) is 11.3 Å². The van der Waals surface area contributed by atoms with Gasteiger partial charge in [0, 0.05) is 16.3 Å². The third-order valence-corrected chi connectivity index (χ3v) is 3.48. The van der Waals surface area contributed by atoms with Crippen LogP contribution in [-0.2, 0) is 4.74 Å². The van der Waals surface area contributed by atoms with Crippen LogP contribution >= 0.6 is 23.6 Å². The molecule has 0 fully saturated rings. The van der Waals surface area contributed by atoms with Crippen LogP contribution in [0.15, 0.2) is 23.7 Å². The van der Waals surface area contributed by atoms with Gasteiger partial charge >= 0.3 is 0 Å². The van der Waals surface area contributed by atoms with E-state index in [-0.39, 0.29) is 0 Å². The molecule has 2 aromatic rings. The molecule has 0 N–H and O–H groups in total. The van der Waals surface area contributed by atoms with Gasteiger partial charge in [0.2, 0.25) is 5.05 Å². The van der Waals surface area contributed by atoms with E-state index in [2.05, 4.69) is 23.4 Å². The lowest BCUT2D eigenvalue weighted by atomic mass is 10.3. The maximum Gasteiger partial charge on any atom is 0.210 e. The molecule has 0 aliphatic rings. The summed E-state index contributed by atoms with van der Waals surface area (Å²) in [5.74, 6) is 0. The van der Waals surface area contributed by atoms with Crippen LogP contribution in [0, 0.1) is 0 Å². The fourth-order valence-corrected chi connectivity index (χ4v) is 2.34. The van der Waals surface area contributed by atoms with Crippen LogP contribution in [0.25, 0.3) is 10.1 Å². The first kappa shape index (κ1) is 11.5. The Balaban J connectivity index is 2.10. The van der Waals surface area contributed by atoms with Crippen LogP contribution in [0.5, 0.6) is 0 Å². The fourth-order valence-electron chi connectivity index (χ4n) is 1.35. The van der Waals surface area contributed by atoms with Gasteiger partial charge in [0.05, 0.1) is 6.61 Å². The first-order valence-electron chi connectivity index (χ1n) is 5.31. The predicted molar refractivity (Wildman–Crippen MR) is 72.2 cm³/mol. The Morgan fingerprint density at radius 2 is 2.44 bits per heavy atom. The molecule has 16 heavy (non-hydrogen) atoms. The van der Waals surface area contributed by atoms with E-state index >= 15 is 0 Å². The zero-order chi connectivity index (χ0) is 11.4. The lowest BCUT2D eigenvalue weighted by Crippen LogP contribution is -2.06. The van der Waals surface area contributed by atoms with Crippen molar-refractivity contribution < 1.29 is 4.74 Å². The number of hydrogen-bond acceptors (Lipinski definition) is 4. The van der Waals surface area contributed by atoms with Crippen molar-refractivity contribution in [2.24, 2.45) is 0 Å². The molecule has 2 aromatic heterocycles. The van der Waals surface area contributed by atoms with Gasteiger partial charge in [-0.05, 0) is 36.2 Å². The van der Waals surface area contributed by atoms with Crippen molar-refractivity contribution in [2.75, 3.05) is 6.61 Å². The second-order valence-electron chi connectivity index (χ2n) is 3.52. The number of nitrogens with zero attached hydrogens (tertiary/aromatic N) is 1. The second-order valence-corrected chi connectivity index (χ2v) is 4.84. The lowest BCUT2D eigenvalue weighted by molar-refractivity contribution is 0.305. The standard InChI is InChI=1S/C12H13NOS2/c1-2-3-5-14-12(15)10-7-11-9(8-13-10)4-6-16-11/h4,6-8H,2-3,5H2,1H3. The number of pyridine rings is 1. The molecule has 0 atom stereocenters. The molecule has 0 aliphatic carbocycles. The summed E-state index contributed by atoms with van der Waals surface area (Å²) in [6, 6.07) is 4.05. The Hall–Kier alpha value is -1.00. The number of unbranched alkanes of at least 4 members (excludes halogenated alkanes) is 1. The highest BCUT2D eigenvalue weighted by Crippen LogP contribution is 2.20. The van der Waals surface area contributed by atoms with Crippen LogP contribution in [0.4, 0.5) is 0 Å². The Morgan fingerprint density at radius 3 is 3.25 bits per heavy atom. The maximum atomic E-state index is 5.47. The molecule has 0 aliphatic heterocycles. The molecule has 0 spiro atoms. The van der Waals surface area contributed by atoms with E-state index in [1.807, 2.05) is 12.3 Å². The Morgan fingerprint density at radius 1 is 1.56 bits per heavy atom. The van der Waals surface area contributed by atoms with Gasteiger partial charge < -0.3 is 4.74 Å². The van der Waals surface area contributed by atoms with E-state index in [0.717, 1.165) is 23.9 Å². The van der Waals surface area contributed by atoms with Crippen molar-refractivity contribution in [1.82, 2.24) is 4.98 Å². The SMILES string of the molecule is CCCCOC(=S)c1cc2sccc2cn1. The Kier molecular flexibility index (Phi) is 3.85. The van der Waals surface area contributed by atoms with Gasteiger partial charge in [0.1, 0.15) is 5.69 Å². The minimum absolute atomic E-state index is 0.503. The topological polar surface area (TPSA) is 22.1 Å². The van der Waals surface area contributed by atoms with Crippen molar-refractivity contribution in [3.8, 4) is 0 Å². The highest BCUT2D eigenvalue weighted by molar-refractivity contribution is 7.80. The van der Waals surface area contributed by atoms with Gasteiger partial charge in [0.25, 0.3) is 0 Å². The van der Waals surface area contributed by atoms with Crippen LogP contribution < -0.4 is 0 Å². The summed E-state index contributed by atoms with van der Waals surface area (Å²) in [7, 11) is 0. The summed E-state index contributed by atoms with van der Waals surface area (Å²) in [6.45, 7) is 2.81. The molecule has 0 amide bonds. The average molecular weight is 251 g/mol. The lowest BCUT2D eigenvalue weighted by Gasteiger charge is -2.05. The number of aromatic nitrogens is 1. The molecule has 0 aromatic carbocycles. The molecule has 0 saturated carbocycles. The van der Waals surface area contributed by atoms with Crippen molar-refractivity contribution in [2.45, 2.75) is 19.8 Å². The smallest absolute Gasteiger partial charge is 0.210 e. The minimum Gasteiger partial charge on any atom is -0.482 e. The first-order chi connectivity index (χ1) is 7.81. The summed E-state index contributed by atoms with van der Waals surface area (Å²) < 4.78 is 6.67. The molecule has 0 saturated heterocycles. The Labute approximate surface area is 104 Å². The van der Waals surface area contributed by atoms with Crippen LogP contribution in [0.3, 0.4) is 0 Å². The van der Waals surface area contributed by atoms with Crippen LogP contribution in [0.1, 0.15) is 25.5 Å². The van der Waals surface area contributed by atoms with Crippen molar-refractivity contribution >= 4 is 38.7 Å². The Bertz CT molecular complexity index is 492. The van der Waals surface area contributed by atoms with Gasteiger partial charge in [-0.25, -0.2) is 0 Å². The van der Waals surface area contributed by atoms with E-state index in [9.17, 15) is 0 Å². The highest BCUT2D eigenvalue weighted by atomic mass is 32.1. The summed E-state index contributed by atoms with van der Waals surface area (Å²) in [6.07, 6.45) is 3.98. The van der Waals surface area contributed by atoms with E-state index in [1.165, 1.54) is 4.70 Å². The fraction of sp³-hybridized carbons (Fsp3) is 0.333. The third-order valence-electron chi connectivity index (χ3n) is 2.28. The molecule has 0 bridgehead atoms. The van der Waals surface area contributed by atoms with Gasteiger partial charge in [-0.15, -0.1) is 11.3 Å². The largest absolute Gasteiger partial charge is 0.482 e. The van der Waals surface area contributed by atoms with Gasteiger partial charge in [0.15, 0.2) is 0 Å². The molecule has 0 radical (unpaired) electrons. The number of ether oxygens (including phenoxy) is 1. The molecule has 2 heterocycles. The van der Waals surface area contributed by atoms with Crippen LogP contribution in [-0.4, -0.2) is 16.6 Å². The third kappa shape index (κ3) is 2.57. The molecule has 2 nitrogen and oxygen atoms in total. The number of thiocarbonyl (C=S) groups is 1. The minimum atomic E-state index is 0.503. The molecule has 4 heteroatoms. The van der Waals surface area contributed by atoms with E-state index in [0.29, 0.717) is 11.7 Å². The molecular weight excluding hydrogens is 238 g/mol. The maximum absolute atomic E-state index is 5.47. The van der Waals surface area contributed by atoms with E-state index < -0.39 is 0 Å². The van der Waals surface area contributed by atoms with Gasteiger partial charge in [-0.1, -0.05) is 13.3 Å². The molecular formula is C12H13NOS2. The second kappa shape index (κ2) is 5.37. The molecule has 2 rings (SSSR count). The van der Waals surface area contributed by atoms with Crippen molar-refractivity contribution in [1.29, 1.82) is 0 Å². The van der Waals surface area contributed by atoms with E-state index in [4.69, 9.17) is 17.0 Å². The summed E-state index contributed by atoms with van der Waals surface area (Å²) in [5.41, 5.74) is 0.765. The zero-order valence-electron chi connectivity index (χ0n) is 9.10. The summed E-state index contributed by atoms with van der Waals surface area (Å²) >= 11 is 6.88. The molecule has 0 unspecified atom stereocenters. The monoisotopic (exact) mass is 251 g/mol. The normalized spacial score (nSPS) is 10.6. The van der Waals surface area contributed by atoms with Crippen LogP contribution in [0.2, 0.25) is 0 Å². The van der Waals surface area contributed by atoms with Gasteiger partial charge in [-0.3, -0.25) is 4.98 Å². The number of hydrogen-bond donors (Lipinski definition) is 0. The van der Waals surface area contributed by atoms with Crippen molar-refractivity contribution in [3.63, 3.8) is 0 Å². The number of rotatable bonds is 4. The average Bonchev–Trinajstić information content (AvgIpc) is 2.76. The highest BCUT2D eigenvalue weighted by Gasteiger charge is 2.05. The summed E-state index contributed by atoms with van der Waals surface area (Å²) in [4.78, 5) is 4.30. The summed E-state index contributed by atoms with van der Waals surface area (Å²) in [5, 5.41) is 3.71. The first-order valence-corrected chi connectivity index (χ1v) is 6.60. The van der Waals surface area contributed by atoms with Gasteiger partial charge in [-0.2, -0.15) is 0 Å². The molecule has 84 valence electrons. The zero-order valence-corrected chi connectivity index (χ0v) is 10.7. The number of fused-ring (bicyclic) bond motifs is 1. The number of thiophene rings is 1. The quantitative estimate of drug-likeness (QED) is 0.609. The van der Waals surface area contributed by atoms with Crippen molar-refractivity contribution in [3.05, 3.63) is 29.4 Å².